The lowest BCUT2D eigenvalue weighted by molar-refractivity contribution is 0.491. The summed E-state index contributed by atoms with van der Waals surface area (Å²) in [7, 11) is 0. The molecule has 1 aromatic carbocycles. The quantitative estimate of drug-likeness (QED) is 0.899. The molecule has 15 heavy (non-hydrogen) atoms. The van der Waals surface area contributed by atoms with E-state index in [1.165, 1.54) is 0 Å². The van der Waals surface area contributed by atoms with Crippen LogP contribution in [0.3, 0.4) is 0 Å². The minimum Gasteiger partial charge on any atom is -0.459 e. The van der Waals surface area contributed by atoms with Gasteiger partial charge in [-0.25, -0.2) is 0 Å². The van der Waals surface area contributed by atoms with Gasteiger partial charge in [0.05, 0.1) is 6.04 Å². The summed E-state index contributed by atoms with van der Waals surface area (Å²) >= 11 is 3.43. The molecule has 0 saturated heterocycles. The summed E-state index contributed by atoms with van der Waals surface area (Å²) in [5, 5.41) is 0. The molecular weight excluding hydrogens is 254 g/mol. The highest BCUT2D eigenvalue weighted by atomic mass is 79.9. The van der Waals surface area contributed by atoms with E-state index in [9.17, 15) is 0 Å². The molecule has 1 atom stereocenters. The Morgan fingerprint density at radius 3 is 2.67 bits per heavy atom. The molecular formula is C12H12BrNO. The second-order valence-corrected chi connectivity index (χ2v) is 4.42. The summed E-state index contributed by atoms with van der Waals surface area (Å²) in [5.41, 5.74) is 6.78. The third kappa shape index (κ3) is 2.30. The third-order valence-corrected chi connectivity index (χ3v) is 2.68. The molecule has 0 radical (unpaired) electrons. The molecule has 2 N–H and O–H groups in total. The molecule has 2 aromatic rings. The van der Waals surface area contributed by atoms with Crippen molar-refractivity contribution in [1.82, 2.24) is 0 Å². The molecule has 2 nitrogen and oxygen atoms in total. The van der Waals surface area contributed by atoms with Gasteiger partial charge >= 0.3 is 0 Å². The van der Waals surface area contributed by atoms with Crippen LogP contribution in [0.15, 0.2) is 45.3 Å². The van der Waals surface area contributed by atoms with Gasteiger partial charge in [-0.15, -0.1) is 0 Å². The van der Waals surface area contributed by atoms with Crippen LogP contribution in [-0.2, 0) is 0 Å². The zero-order chi connectivity index (χ0) is 10.8. The van der Waals surface area contributed by atoms with Crippen LogP contribution in [0.5, 0.6) is 0 Å². The van der Waals surface area contributed by atoms with Gasteiger partial charge in [-0.3, -0.25) is 0 Å². The van der Waals surface area contributed by atoms with Gasteiger partial charge in [-0.2, -0.15) is 0 Å². The molecule has 1 unspecified atom stereocenters. The number of benzene rings is 1. The van der Waals surface area contributed by atoms with Crippen LogP contribution in [0.1, 0.15) is 18.7 Å². The fraction of sp³-hybridized carbons (Fsp3) is 0.167. The van der Waals surface area contributed by atoms with E-state index in [-0.39, 0.29) is 6.04 Å². The maximum absolute atomic E-state index is 5.73. The first kappa shape index (κ1) is 10.5. The lowest BCUT2D eigenvalue weighted by atomic mass is 10.2. The fourth-order valence-electron chi connectivity index (χ4n) is 1.39. The Hall–Kier alpha value is -1.06. The summed E-state index contributed by atoms with van der Waals surface area (Å²) in [4.78, 5) is 0. The van der Waals surface area contributed by atoms with Gasteiger partial charge in [0.1, 0.15) is 11.5 Å². The molecule has 1 heterocycles. The largest absolute Gasteiger partial charge is 0.459 e. The van der Waals surface area contributed by atoms with Crippen LogP contribution in [-0.4, -0.2) is 0 Å². The average molecular weight is 266 g/mol. The predicted octanol–water partition coefficient (Wildman–Crippen LogP) is 3.73. The molecule has 0 fully saturated rings. The molecule has 0 spiro atoms. The van der Waals surface area contributed by atoms with Crippen molar-refractivity contribution in [2.75, 3.05) is 0 Å². The molecule has 3 heteroatoms. The van der Waals surface area contributed by atoms with E-state index in [4.69, 9.17) is 10.2 Å². The number of furan rings is 1. The lowest BCUT2D eigenvalue weighted by Crippen LogP contribution is -2.02. The first-order chi connectivity index (χ1) is 7.16. The molecule has 78 valence electrons. The number of rotatable bonds is 2. The smallest absolute Gasteiger partial charge is 0.134 e. The summed E-state index contributed by atoms with van der Waals surface area (Å²) in [5.74, 6) is 1.66. The molecule has 0 aliphatic heterocycles. The SMILES string of the molecule is CC(N)c1ccc(-c2cccc(Br)c2)o1. The van der Waals surface area contributed by atoms with Crippen molar-refractivity contribution in [3.05, 3.63) is 46.6 Å². The van der Waals surface area contributed by atoms with Crippen molar-refractivity contribution in [3.8, 4) is 11.3 Å². The maximum atomic E-state index is 5.73. The van der Waals surface area contributed by atoms with Gasteiger partial charge < -0.3 is 10.2 Å². The van der Waals surface area contributed by atoms with Crippen molar-refractivity contribution < 1.29 is 4.42 Å². The average Bonchev–Trinajstić information content (AvgIpc) is 2.66. The fourth-order valence-corrected chi connectivity index (χ4v) is 1.79. The standard InChI is InChI=1S/C12H12BrNO/c1-8(14)11-5-6-12(15-11)9-3-2-4-10(13)7-9/h2-8H,14H2,1H3. The number of halogens is 1. The Kier molecular flexibility index (Phi) is 2.93. The van der Waals surface area contributed by atoms with Gasteiger partial charge in [-0.05, 0) is 31.2 Å². The Morgan fingerprint density at radius 2 is 2.07 bits per heavy atom. The number of nitrogens with two attached hydrogens (primary N) is 1. The van der Waals surface area contributed by atoms with Crippen LogP contribution >= 0.6 is 15.9 Å². The normalized spacial score (nSPS) is 12.7. The van der Waals surface area contributed by atoms with Crippen LogP contribution < -0.4 is 5.73 Å². The van der Waals surface area contributed by atoms with Gasteiger partial charge in [0.25, 0.3) is 0 Å². The zero-order valence-electron chi connectivity index (χ0n) is 8.41. The van der Waals surface area contributed by atoms with Crippen LogP contribution in [0.25, 0.3) is 11.3 Å². The third-order valence-electron chi connectivity index (χ3n) is 2.18. The summed E-state index contributed by atoms with van der Waals surface area (Å²) in [6, 6.07) is 11.8. The van der Waals surface area contributed by atoms with Gasteiger partial charge in [0.15, 0.2) is 0 Å². The zero-order valence-corrected chi connectivity index (χ0v) is 9.99. The van der Waals surface area contributed by atoms with Gasteiger partial charge in [0.2, 0.25) is 0 Å². The molecule has 0 bridgehead atoms. The van der Waals surface area contributed by atoms with E-state index in [1.54, 1.807) is 0 Å². The minimum atomic E-state index is -0.0640. The highest BCUT2D eigenvalue weighted by Crippen LogP contribution is 2.26. The summed E-state index contributed by atoms with van der Waals surface area (Å²) in [6.45, 7) is 1.91. The van der Waals surface area contributed by atoms with Crippen molar-refractivity contribution in [3.63, 3.8) is 0 Å². The van der Waals surface area contributed by atoms with E-state index in [0.29, 0.717) is 0 Å². The second-order valence-electron chi connectivity index (χ2n) is 3.50. The van der Waals surface area contributed by atoms with E-state index in [0.717, 1.165) is 21.6 Å². The molecule has 0 aliphatic rings. The van der Waals surface area contributed by atoms with Gasteiger partial charge in [-0.1, -0.05) is 28.1 Å². The maximum Gasteiger partial charge on any atom is 0.134 e. The molecule has 0 saturated carbocycles. The predicted molar refractivity (Wildman–Crippen MR) is 64.4 cm³/mol. The Morgan fingerprint density at radius 1 is 1.27 bits per heavy atom. The van der Waals surface area contributed by atoms with E-state index >= 15 is 0 Å². The summed E-state index contributed by atoms with van der Waals surface area (Å²) < 4.78 is 6.68. The summed E-state index contributed by atoms with van der Waals surface area (Å²) in [6.07, 6.45) is 0. The number of hydrogen-bond donors (Lipinski definition) is 1. The van der Waals surface area contributed by atoms with E-state index in [1.807, 2.05) is 43.3 Å². The number of hydrogen-bond acceptors (Lipinski definition) is 2. The Bertz CT molecular complexity index is 462. The topological polar surface area (TPSA) is 39.2 Å². The van der Waals surface area contributed by atoms with Gasteiger partial charge in [0, 0.05) is 10.0 Å². The van der Waals surface area contributed by atoms with Crippen LogP contribution in [0.4, 0.5) is 0 Å². The molecule has 0 amide bonds. The lowest BCUT2D eigenvalue weighted by Gasteiger charge is -2.00. The van der Waals surface area contributed by atoms with E-state index in [2.05, 4.69) is 15.9 Å². The monoisotopic (exact) mass is 265 g/mol. The Labute approximate surface area is 97.2 Å². The highest BCUT2D eigenvalue weighted by Gasteiger charge is 2.07. The molecule has 2 rings (SSSR count). The van der Waals surface area contributed by atoms with Crippen molar-refractivity contribution in [2.24, 2.45) is 5.73 Å². The van der Waals surface area contributed by atoms with Crippen molar-refractivity contribution in [1.29, 1.82) is 0 Å². The highest BCUT2D eigenvalue weighted by molar-refractivity contribution is 9.10. The van der Waals surface area contributed by atoms with Crippen molar-refractivity contribution >= 4 is 15.9 Å². The van der Waals surface area contributed by atoms with E-state index < -0.39 is 0 Å². The Balaban J connectivity index is 2.37. The van der Waals surface area contributed by atoms with Crippen LogP contribution in [0, 0.1) is 0 Å². The molecule has 1 aromatic heterocycles. The van der Waals surface area contributed by atoms with Crippen molar-refractivity contribution in [2.45, 2.75) is 13.0 Å². The molecule has 0 aliphatic carbocycles. The first-order valence-corrected chi connectivity index (χ1v) is 5.57. The van der Waals surface area contributed by atoms with Crippen LogP contribution in [0.2, 0.25) is 0 Å². The second kappa shape index (κ2) is 4.21. The first-order valence-electron chi connectivity index (χ1n) is 4.78. The minimum absolute atomic E-state index is 0.0640.